The molecular weight excluding hydrogens is 240 g/mol. The fourth-order valence-electron chi connectivity index (χ4n) is 2.55. The van der Waals surface area contributed by atoms with E-state index in [4.69, 9.17) is 10.8 Å². The van der Waals surface area contributed by atoms with Gasteiger partial charge in [-0.05, 0) is 12.8 Å². The van der Waals surface area contributed by atoms with Gasteiger partial charge in [-0.25, -0.2) is 4.79 Å². The summed E-state index contributed by atoms with van der Waals surface area (Å²) in [6.45, 7) is 0. The monoisotopic (exact) mass is 258 g/mol. The van der Waals surface area contributed by atoms with Crippen LogP contribution in [0.1, 0.15) is 32.1 Å². The van der Waals surface area contributed by atoms with Gasteiger partial charge in [-0.15, -0.1) is 11.8 Å². The lowest BCUT2D eigenvalue weighted by molar-refractivity contribution is -0.148. The molecule has 2 fully saturated rings. The SMILES string of the molecule is NC1(CC(=O)N2CSCC2C(=O)O)CCCC1. The Labute approximate surface area is 105 Å². The number of amides is 1. The third-order valence-electron chi connectivity index (χ3n) is 3.59. The highest BCUT2D eigenvalue weighted by molar-refractivity contribution is 7.99. The van der Waals surface area contributed by atoms with E-state index in [2.05, 4.69) is 0 Å². The van der Waals surface area contributed by atoms with Gasteiger partial charge < -0.3 is 15.7 Å². The maximum absolute atomic E-state index is 12.1. The molecule has 1 aliphatic carbocycles. The second-order valence-electron chi connectivity index (χ2n) is 4.96. The zero-order valence-corrected chi connectivity index (χ0v) is 10.5. The normalized spacial score (nSPS) is 27.4. The maximum atomic E-state index is 12.1. The topological polar surface area (TPSA) is 83.6 Å². The minimum atomic E-state index is -0.916. The standard InChI is InChI=1S/C11H18N2O3S/c12-11(3-1-2-4-11)5-9(14)13-7-17-6-8(13)10(15)16/h8H,1-7,12H2,(H,15,16). The summed E-state index contributed by atoms with van der Waals surface area (Å²) in [5.41, 5.74) is 5.75. The molecule has 17 heavy (non-hydrogen) atoms. The van der Waals surface area contributed by atoms with E-state index in [1.807, 2.05) is 0 Å². The van der Waals surface area contributed by atoms with E-state index in [-0.39, 0.29) is 12.3 Å². The van der Waals surface area contributed by atoms with Gasteiger partial charge in [0.2, 0.25) is 5.91 Å². The van der Waals surface area contributed by atoms with Crippen molar-refractivity contribution in [2.75, 3.05) is 11.6 Å². The molecule has 2 rings (SSSR count). The largest absolute Gasteiger partial charge is 0.480 e. The van der Waals surface area contributed by atoms with Crippen molar-refractivity contribution >= 4 is 23.6 Å². The van der Waals surface area contributed by atoms with Crippen LogP contribution in [0.5, 0.6) is 0 Å². The van der Waals surface area contributed by atoms with Gasteiger partial charge >= 0.3 is 5.97 Å². The van der Waals surface area contributed by atoms with Crippen molar-refractivity contribution < 1.29 is 14.7 Å². The summed E-state index contributed by atoms with van der Waals surface area (Å²) in [6.07, 6.45) is 4.17. The number of carboxylic acid groups (broad SMARTS) is 1. The molecular formula is C11H18N2O3S. The molecule has 1 amide bonds. The van der Waals surface area contributed by atoms with Gasteiger partial charge in [0.15, 0.2) is 0 Å². The van der Waals surface area contributed by atoms with Gasteiger partial charge in [0.1, 0.15) is 6.04 Å². The number of nitrogens with two attached hydrogens (primary N) is 1. The number of carbonyl (C=O) groups is 2. The van der Waals surface area contributed by atoms with Gasteiger partial charge in [-0.3, -0.25) is 4.79 Å². The summed E-state index contributed by atoms with van der Waals surface area (Å²) >= 11 is 1.49. The number of hydrogen-bond acceptors (Lipinski definition) is 4. The van der Waals surface area contributed by atoms with E-state index >= 15 is 0 Å². The van der Waals surface area contributed by atoms with Crippen LogP contribution in [-0.4, -0.2) is 45.1 Å². The molecule has 96 valence electrons. The third-order valence-corrected chi connectivity index (χ3v) is 4.60. The predicted molar refractivity (Wildman–Crippen MR) is 65.6 cm³/mol. The molecule has 1 unspecified atom stereocenters. The van der Waals surface area contributed by atoms with E-state index in [0.717, 1.165) is 25.7 Å². The zero-order chi connectivity index (χ0) is 12.5. The molecule has 1 atom stereocenters. The van der Waals surface area contributed by atoms with E-state index in [1.54, 1.807) is 0 Å². The van der Waals surface area contributed by atoms with Crippen LogP contribution >= 0.6 is 11.8 Å². The predicted octanol–water partition coefficient (Wildman–Crippen LogP) is 0.634. The van der Waals surface area contributed by atoms with Gasteiger partial charge in [-0.2, -0.15) is 0 Å². The average molecular weight is 258 g/mol. The lowest BCUT2D eigenvalue weighted by Crippen LogP contribution is -2.47. The smallest absolute Gasteiger partial charge is 0.327 e. The Morgan fingerprint density at radius 3 is 2.65 bits per heavy atom. The summed E-state index contributed by atoms with van der Waals surface area (Å²) in [5, 5.41) is 9.02. The highest BCUT2D eigenvalue weighted by Crippen LogP contribution is 2.32. The molecule has 1 saturated carbocycles. The fraction of sp³-hybridized carbons (Fsp3) is 0.818. The first-order valence-electron chi connectivity index (χ1n) is 5.91. The van der Waals surface area contributed by atoms with Crippen molar-refractivity contribution in [2.24, 2.45) is 5.73 Å². The van der Waals surface area contributed by atoms with Crippen LogP contribution in [0.2, 0.25) is 0 Å². The van der Waals surface area contributed by atoms with Crippen LogP contribution in [0.3, 0.4) is 0 Å². The molecule has 2 aliphatic rings. The molecule has 0 bridgehead atoms. The Kier molecular flexibility index (Phi) is 3.63. The minimum absolute atomic E-state index is 0.105. The van der Waals surface area contributed by atoms with Crippen molar-refractivity contribution in [3.05, 3.63) is 0 Å². The quantitative estimate of drug-likeness (QED) is 0.776. The average Bonchev–Trinajstić information content (AvgIpc) is 2.85. The number of aliphatic carboxylic acids is 1. The Hall–Kier alpha value is -0.750. The molecule has 0 aromatic rings. The van der Waals surface area contributed by atoms with E-state index < -0.39 is 17.6 Å². The molecule has 1 aliphatic heterocycles. The van der Waals surface area contributed by atoms with E-state index in [1.165, 1.54) is 16.7 Å². The highest BCUT2D eigenvalue weighted by atomic mass is 32.2. The molecule has 6 heteroatoms. The molecule has 0 aromatic carbocycles. The maximum Gasteiger partial charge on any atom is 0.327 e. The van der Waals surface area contributed by atoms with Crippen LogP contribution in [-0.2, 0) is 9.59 Å². The van der Waals surface area contributed by atoms with E-state index in [9.17, 15) is 9.59 Å². The van der Waals surface area contributed by atoms with E-state index in [0.29, 0.717) is 11.6 Å². The number of thioether (sulfide) groups is 1. The van der Waals surface area contributed by atoms with Crippen molar-refractivity contribution in [1.82, 2.24) is 4.90 Å². The Balaban J connectivity index is 1.97. The molecule has 3 N–H and O–H groups in total. The number of carbonyl (C=O) groups excluding carboxylic acids is 1. The first kappa shape index (κ1) is 12.7. The Morgan fingerprint density at radius 1 is 1.41 bits per heavy atom. The van der Waals surface area contributed by atoms with Crippen molar-refractivity contribution in [3.63, 3.8) is 0 Å². The highest BCUT2D eigenvalue weighted by Gasteiger charge is 2.39. The Morgan fingerprint density at radius 2 is 2.06 bits per heavy atom. The summed E-state index contributed by atoms with van der Waals surface area (Å²) in [6, 6.07) is -0.669. The lowest BCUT2D eigenvalue weighted by Gasteiger charge is -2.27. The van der Waals surface area contributed by atoms with Gasteiger partial charge in [0.25, 0.3) is 0 Å². The van der Waals surface area contributed by atoms with Crippen LogP contribution in [0.4, 0.5) is 0 Å². The minimum Gasteiger partial charge on any atom is -0.480 e. The molecule has 0 radical (unpaired) electrons. The van der Waals surface area contributed by atoms with Crippen molar-refractivity contribution in [1.29, 1.82) is 0 Å². The van der Waals surface area contributed by atoms with Crippen molar-refractivity contribution in [3.8, 4) is 0 Å². The second-order valence-corrected chi connectivity index (χ2v) is 5.96. The van der Waals surface area contributed by atoms with Crippen LogP contribution < -0.4 is 5.73 Å². The summed E-state index contributed by atoms with van der Waals surface area (Å²) in [7, 11) is 0. The summed E-state index contributed by atoms with van der Waals surface area (Å²) < 4.78 is 0. The van der Waals surface area contributed by atoms with Crippen LogP contribution in [0, 0.1) is 0 Å². The second kappa shape index (κ2) is 4.86. The lowest BCUT2D eigenvalue weighted by atomic mass is 9.94. The number of hydrogen-bond donors (Lipinski definition) is 2. The fourth-order valence-corrected chi connectivity index (χ4v) is 3.72. The molecule has 0 aromatic heterocycles. The van der Waals surface area contributed by atoms with Gasteiger partial charge in [0, 0.05) is 17.7 Å². The number of rotatable bonds is 3. The Bertz CT molecular complexity index is 329. The third kappa shape index (κ3) is 2.74. The molecule has 0 spiro atoms. The summed E-state index contributed by atoms with van der Waals surface area (Å²) in [5.74, 6) is -0.0579. The first-order valence-corrected chi connectivity index (χ1v) is 7.06. The van der Waals surface area contributed by atoms with Gasteiger partial charge in [-0.1, -0.05) is 12.8 Å². The molecule has 1 heterocycles. The number of carboxylic acids is 1. The van der Waals surface area contributed by atoms with Crippen molar-refractivity contribution in [2.45, 2.75) is 43.7 Å². The van der Waals surface area contributed by atoms with Gasteiger partial charge in [0.05, 0.1) is 5.88 Å². The zero-order valence-electron chi connectivity index (χ0n) is 9.72. The number of nitrogens with zero attached hydrogens (tertiary/aromatic N) is 1. The first-order chi connectivity index (χ1) is 8.02. The van der Waals surface area contributed by atoms with Crippen LogP contribution in [0.25, 0.3) is 0 Å². The molecule has 1 saturated heterocycles. The summed E-state index contributed by atoms with van der Waals surface area (Å²) in [4.78, 5) is 24.5. The van der Waals surface area contributed by atoms with Crippen LogP contribution in [0.15, 0.2) is 0 Å². The molecule has 5 nitrogen and oxygen atoms in total.